The molecule has 0 radical (unpaired) electrons. The summed E-state index contributed by atoms with van der Waals surface area (Å²) in [5.74, 6) is -1.67. The number of hydrogen-bond donors (Lipinski definition) is 2. The zero-order valence-corrected chi connectivity index (χ0v) is 27.2. The Kier molecular flexibility index (Phi) is 10.1. The fraction of sp³-hybridized carbons (Fsp3) is 0.536. The number of benzene rings is 1. The summed E-state index contributed by atoms with van der Waals surface area (Å²) in [4.78, 5) is 31.1. The molecule has 1 amide bonds. The van der Waals surface area contributed by atoms with Crippen LogP contribution < -0.4 is 4.72 Å². The molecule has 44 heavy (non-hydrogen) atoms. The summed E-state index contributed by atoms with van der Waals surface area (Å²) >= 11 is 7.23. The minimum absolute atomic E-state index is 0.0151. The van der Waals surface area contributed by atoms with Gasteiger partial charge in [-0.25, -0.2) is 26.9 Å². The first-order chi connectivity index (χ1) is 20.6. The van der Waals surface area contributed by atoms with Crippen LogP contribution in [0.25, 0.3) is 21.3 Å². The number of carboxylic acids is 1. The van der Waals surface area contributed by atoms with Crippen LogP contribution in [0.1, 0.15) is 88.7 Å². The molecule has 1 saturated heterocycles. The maximum Gasteiger partial charge on any atom is 0.309 e. The molecule has 0 saturated carbocycles. The number of carbonyl (C=O) groups is 2. The first-order valence-corrected chi connectivity index (χ1v) is 16.8. The summed E-state index contributed by atoms with van der Waals surface area (Å²) < 4.78 is 63.5. The first-order valence-electron chi connectivity index (χ1n) is 14.1. The van der Waals surface area contributed by atoms with Crippen LogP contribution in [0, 0.1) is 5.41 Å². The molecule has 3 heterocycles. The standard InChI is InChI=1S/C28H34ClF2N5O6S2/c1-6-14(2)35-44(40,41)17-11-10-16(19(20(17)29)23(30)31)22-21(26(37)36-12-8-7-9-15(36)3)32-25(43-22)24-34-33-18(42-24)13-28(4,5)27(38)39/h10-11,14-15,23,35H,6-9,12-13H2,1-5H3,(H,38,39)/t14-,15+/m1/s1. The molecule has 1 aliphatic rings. The quantitative estimate of drug-likeness (QED) is 0.242. The zero-order valence-electron chi connectivity index (χ0n) is 24.9. The van der Waals surface area contributed by atoms with Crippen LogP contribution in [0.2, 0.25) is 5.02 Å². The van der Waals surface area contributed by atoms with Crippen LogP contribution in [-0.4, -0.2) is 64.1 Å². The topological polar surface area (TPSA) is 156 Å². The molecule has 2 aromatic heterocycles. The maximum absolute atomic E-state index is 14.7. The second-order valence-electron chi connectivity index (χ2n) is 11.5. The van der Waals surface area contributed by atoms with E-state index in [1.165, 1.54) is 19.9 Å². The second kappa shape index (κ2) is 13.2. The number of nitrogens with zero attached hydrogens (tertiary/aromatic N) is 4. The van der Waals surface area contributed by atoms with E-state index in [4.69, 9.17) is 16.0 Å². The van der Waals surface area contributed by atoms with Gasteiger partial charge in [0.15, 0.2) is 5.01 Å². The van der Waals surface area contributed by atoms with Gasteiger partial charge in [-0.1, -0.05) is 24.6 Å². The molecule has 16 heteroatoms. The average Bonchev–Trinajstić information content (AvgIpc) is 3.59. The first kappa shape index (κ1) is 33.9. The van der Waals surface area contributed by atoms with Crippen molar-refractivity contribution in [3.8, 4) is 21.3 Å². The van der Waals surface area contributed by atoms with E-state index >= 15 is 0 Å². The number of aliphatic carboxylic acids is 1. The van der Waals surface area contributed by atoms with Gasteiger partial charge in [-0.15, -0.1) is 21.5 Å². The van der Waals surface area contributed by atoms with Crippen LogP contribution in [0.5, 0.6) is 0 Å². The van der Waals surface area contributed by atoms with E-state index in [1.807, 2.05) is 6.92 Å². The minimum atomic E-state index is -4.24. The maximum atomic E-state index is 14.7. The Bertz CT molecular complexity index is 1660. The lowest BCUT2D eigenvalue weighted by atomic mass is 9.90. The molecule has 11 nitrogen and oxygen atoms in total. The SMILES string of the molecule is CC[C@@H](C)NS(=O)(=O)c1ccc(-c2sc(-c3nnc(CC(C)(C)C(=O)O)o3)nc2C(=O)N2CCCC[C@@H]2C)c(C(F)F)c1Cl. The lowest BCUT2D eigenvalue weighted by molar-refractivity contribution is -0.147. The molecule has 0 bridgehead atoms. The van der Waals surface area contributed by atoms with Crippen molar-refractivity contribution in [1.29, 1.82) is 0 Å². The number of thiazole rings is 1. The summed E-state index contributed by atoms with van der Waals surface area (Å²) in [6.45, 7) is 8.74. The van der Waals surface area contributed by atoms with E-state index in [0.717, 1.165) is 36.7 Å². The molecule has 0 unspecified atom stereocenters. The Morgan fingerprint density at radius 3 is 2.59 bits per heavy atom. The highest BCUT2D eigenvalue weighted by Crippen LogP contribution is 2.45. The van der Waals surface area contributed by atoms with Gasteiger partial charge >= 0.3 is 5.97 Å². The smallest absolute Gasteiger partial charge is 0.309 e. The summed E-state index contributed by atoms with van der Waals surface area (Å²) in [5, 5.41) is 16.7. The molecule has 1 fully saturated rings. The van der Waals surface area contributed by atoms with Gasteiger partial charge in [-0.05, 0) is 59.4 Å². The number of sulfonamides is 1. The minimum Gasteiger partial charge on any atom is -0.481 e. The molecule has 1 aromatic carbocycles. The lowest BCUT2D eigenvalue weighted by Gasteiger charge is -2.33. The molecular formula is C28H34ClF2N5O6S2. The Morgan fingerprint density at radius 2 is 1.98 bits per heavy atom. The number of aromatic nitrogens is 3. The van der Waals surface area contributed by atoms with Gasteiger partial charge in [0.25, 0.3) is 18.2 Å². The molecule has 4 rings (SSSR count). The van der Waals surface area contributed by atoms with Crippen molar-refractivity contribution in [2.24, 2.45) is 5.41 Å². The summed E-state index contributed by atoms with van der Waals surface area (Å²) in [7, 11) is -4.24. The predicted octanol–water partition coefficient (Wildman–Crippen LogP) is 6.20. The van der Waals surface area contributed by atoms with Gasteiger partial charge in [0.05, 0.1) is 15.3 Å². The van der Waals surface area contributed by atoms with Crippen LogP contribution in [0.3, 0.4) is 0 Å². The number of alkyl halides is 2. The van der Waals surface area contributed by atoms with Gasteiger partial charge in [0, 0.05) is 36.2 Å². The number of piperidine rings is 1. The van der Waals surface area contributed by atoms with Crippen molar-refractivity contribution in [2.45, 2.75) is 90.1 Å². The second-order valence-corrected chi connectivity index (χ2v) is 14.5. The normalized spacial score (nSPS) is 16.8. The Hall–Kier alpha value is -3.01. The molecular weight excluding hydrogens is 640 g/mol. The molecule has 0 aliphatic carbocycles. The largest absolute Gasteiger partial charge is 0.481 e. The fourth-order valence-corrected chi connectivity index (χ4v) is 7.73. The third-order valence-corrected chi connectivity index (χ3v) is 10.8. The van der Waals surface area contributed by atoms with E-state index in [-0.39, 0.29) is 45.4 Å². The van der Waals surface area contributed by atoms with Crippen LogP contribution in [-0.2, 0) is 21.2 Å². The van der Waals surface area contributed by atoms with Gasteiger partial charge in [0.1, 0.15) is 10.6 Å². The number of nitrogens with one attached hydrogen (secondary N) is 1. The zero-order chi connectivity index (χ0) is 32.6. The highest BCUT2D eigenvalue weighted by Gasteiger charge is 2.35. The van der Waals surface area contributed by atoms with Gasteiger partial charge in [-0.3, -0.25) is 9.59 Å². The summed E-state index contributed by atoms with van der Waals surface area (Å²) in [6.07, 6.45) is -0.370. The monoisotopic (exact) mass is 673 g/mol. The Morgan fingerprint density at radius 1 is 1.27 bits per heavy atom. The molecule has 3 aromatic rings. The summed E-state index contributed by atoms with van der Waals surface area (Å²) in [5.41, 5.74) is -2.27. The predicted molar refractivity (Wildman–Crippen MR) is 160 cm³/mol. The van der Waals surface area contributed by atoms with E-state index in [9.17, 15) is 31.9 Å². The number of likely N-dealkylation sites (tertiary alicyclic amines) is 1. The van der Waals surface area contributed by atoms with Crippen LogP contribution >= 0.6 is 22.9 Å². The number of hydrogen-bond acceptors (Lipinski definition) is 9. The number of amides is 1. The van der Waals surface area contributed by atoms with Crippen molar-refractivity contribution in [2.75, 3.05) is 6.54 Å². The highest BCUT2D eigenvalue weighted by molar-refractivity contribution is 7.89. The van der Waals surface area contributed by atoms with E-state index in [1.54, 1.807) is 18.7 Å². The third kappa shape index (κ3) is 6.95. The van der Waals surface area contributed by atoms with Gasteiger partial charge in [0.2, 0.25) is 15.9 Å². The number of carbonyl (C=O) groups excluding carboxylic acids is 1. The van der Waals surface area contributed by atoms with Gasteiger partial charge in [-0.2, -0.15) is 0 Å². The van der Waals surface area contributed by atoms with E-state index in [0.29, 0.717) is 13.0 Å². The molecule has 2 N–H and O–H groups in total. The molecule has 1 aliphatic heterocycles. The van der Waals surface area contributed by atoms with Crippen LogP contribution in [0.15, 0.2) is 21.4 Å². The number of rotatable bonds is 11. The fourth-order valence-electron chi connectivity index (χ4n) is 4.74. The average molecular weight is 674 g/mol. The molecule has 0 spiro atoms. The third-order valence-electron chi connectivity index (χ3n) is 7.58. The van der Waals surface area contributed by atoms with Crippen molar-refractivity contribution in [3.63, 3.8) is 0 Å². The summed E-state index contributed by atoms with van der Waals surface area (Å²) in [6, 6.07) is 1.73. The lowest BCUT2D eigenvalue weighted by Crippen LogP contribution is -2.42. The van der Waals surface area contributed by atoms with Crippen molar-refractivity contribution in [1.82, 2.24) is 24.8 Å². The van der Waals surface area contributed by atoms with Crippen molar-refractivity contribution in [3.05, 3.63) is 34.3 Å². The Labute approximate surface area is 263 Å². The highest BCUT2D eigenvalue weighted by atomic mass is 35.5. The Balaban J connectivity index is 1.88. The van der Waals surface area contributed by atoms with Gasteiger partial charge < -0.3 is 14.4 Å². The molecule has 2 atom stereocenters. The van der Waals surface area contributed by atoms with Crippen LogP contribution in [0.4, 0.5) is 8.78 Å². The number of halogens is 3. The van der Waals surface area contributed by atoms with Crippen molar-refractivity contribution < 1.29 is 36.3 Å². The van der Waals surface area contributed by atoms with E-state index < -0.39 is 55.3 Å². The number of carboxylic acid groups (broad SMARTS) is 1. The van der Waals surface area contributed by atoms with Crippen molar-refractivity contribution >= 4 is 44.8 Å². The molecule has 240 valence electrons. The van der Waals surface area contributed by atoms with E-state index in [2.05, 4.69) is 19.9 Å².